The Kier molecular flexibility index (Phi) is 10.5. The Hall–Kier alpha value is -5.12. The molecule has 52 heavy (non-hydrogen) atoms. The minimum Gasteiger partial charge on any atom is -0.353 e. The lowest BCUT2D eigenvalue weighted by Gasteiger charge is -2.27. The van der Waals surface area contributed by atoms with Gasteiger partial charge < -0.3 is 10.6 Å². The maximum Gasteiger partial charge on any atom is 0.150 e. The molecule has 4 aromatic carbocycles. The lowest BCUT2D eigenvalue weighted by Crippen LogP contribution is -2.43. The van der Waals surface area contributed by atoms with Crippen molar-refractivity contribution in [3.8, 4) is 22.3 Å². The molecule has 2 aliphatic carbocycles. The third-order valence-electron chi connectivity index (χ3n) is 11.0. The second kappa shape index (κ2) is 14.9. The normalized spacial score (nSPS) is 18.3. The van der Waals surface area contributed by atoms with Gasteiger partial charge in [0.1, 0.15) is 6.29 Å². The Morgan fingerprint density at radius 3 is 2.31 bits per heavy atom. The minimum absolute atomic E-state index is 0.115. The number of fused-ring (bicyclic) bond motifs is 2. The summed E-state index contributed by atoms with van der Waals surface area (Å²) in [6.45, 7) is 21.9. The van der Waals surface area contributed by atoms with Crippen molar-refractivity contribution in [1.29, 1.82) is 0 Å². The predicted molar refractivity (Wildman–Crippen MR) is 226 cm³/mol. The van der Waals surface area contributed by atoms with Crippen LogP contribution in [-0.2, 0) is 10.8 Å². The van der Waals surface area contributed by atoms with Crippen molar-refractivity contribution in [2.24, 2.45) is 5.73 Å². The SMILES string of the molecule is C=CC1=C(/C=C\C)c2cc(-c3ccccc3C)c(NC(N)N/C(=C\C)c3cccc(-c4ccc5c(c4)C(C)(C)CC5/C=C\C=C/C)c3)cc2C1(C)C. The molecule has 0 radical (unpaired) electrons. The van der Waals surface area contributed by atoms with Gasteiger partial charge in [-0.15, -0.1) is 0 Å². The van der Waals surface area contributed by atoms with E-state index in [-0.39, 0.29) is 10.8 Å². The molecule has 0 bridgehead atoms. The van der Waals surface area contributed by atoms with Gasteiger partial charge in [0.15, 0.2) is 0 Å². The molecule has 6 rings (SSSR count). The van der Waals surface area contributed by atoms with E-state index >= 15 is 0 Å². The molecule has 2 atom stereocenters. The molecule has 0 saturated heterocycles. The van der Waals surface area contributed by atoms with Crippen molar-refractivity contribution in [3.63, 3.8) is 0 Å². The molecular formula is C49H55N3. The first-order chi connectivity index (χ1) is 24.9. The Morgan fingerprint density at radius 2 is 1.60 bits per heavy atom. The number of nitrogens with two attached hydrogens (primary N) is 1. The van der Waals surface area contributed by atoms with Crippen LogP contribution in [0.5, 0.6) is 0 Å². The van der Waals surface area contributed by atoms with E-state index in [4.69, 9.17) is 5.73 Å². The van der Waals surface area contributed by atoms with Gasteiger partial charge in [0.05, 0.1) is 0 Å². The predicted octanol–water partition coefficient (Wildman–Crippen LogP) is 12.3. The molecule has 0 heterocycles. The van der Waals surface area contributed by atoms with Gasteiger partial charge in [-0.05, 0) is 119 Å². The van der Waals surface area contributed by atoms with Crippen LogP contribution in [0.1, 0.15) is 94.2 Å². The van der Waals surface area contributed by atoms with Crippen LogP contribution in [0, 0.1) is 6.92 Å². The van der Waals surface area contributed by atoms with Crippen molar-refractivity contribution >= 4 is 17.0 Å². The second-order valence-corrected chi connectivity index (χ2v) is 15.4. The third kappa shape index (κ3) is 6.90. The van der Waals surface area contributed by atoms with Crippen LogP contribution in [0.25, 0.3) is 33.5 Å². The van der Waals surface area contributed by atoms with Gasteiger partial charge in [-0.3, -0.25) is 5.73 Å². The number of nitrogens with one attached hydrogen (secondary N) is 2. The first-order valence-corrected chi connectivity index (χ1v) is 18.7. The van der Waals surface area contributed by atoms with Crippen LogP contribution in [0.2, 0.25) is 0 Å². The molecule has 0 fully saturated rings. The lowest BCUT2D eigenvalue weighted by atomic mass is 9.80. The molecule has 2 aliphatic rings. The van der Waals surface area contributed by atoms with Crippen LogP contribution in [0.3, 0.4) is 0 Å². The van der Waals surface area contributed by atoms with Crippen molar-refractivity contribution < 1.29 is 0 Å². The summed E-state index contributed by atoms with van der Waals surface area (Å²) in [6, 6.07) is 29.0. The first kappa shape index (κ1) is 36.7. The molecule has 0 amide bonds. The zero-order valence-electron chi connectivity index (χ0n) is 32.3. The van der Waals surface area contributed by atoms with Crippen LogP contribution in [0.15, 0.2) is 140 Å². The Balaban J connectivity index is 1.30. The van der Waals surface area contributed by atoms with Crippen molar-refractivity contribution in [2.75, 3.05) is 5.32 Å². The van der Waals surface area contributed by atoms with E-state index < -0.39 is 6.29 Å². The third-order valence-corrected chi connectivity index (χ3v) is 11.0. The van der Waals surface area contributed by atoms with Crippen LogP contribution >= 0.6 is 0 Å². The summed E-state index contributed by atoms with van der Waals surface area (Å²) in [6.07, 6.45) is 17.7. The van der Waals surface area contributed by atoms with Gasteiger partial charge in [0, 0.05) is 28.3 Å². The molecule has 0 aliphatic heterocycles. The highest BCUT2D eigenvalue weighted by molar-refractivity contribution is 5.93. The first-order valence-electron chi connectivity index (χ1n) is 18.7. The number of benzene rings is 4. The topological polar surface area (TPSA) is 50.1 Å². The van der Waals surface area contributed by atoms with Gasteiger partial charge in [-0.25, -0.2) is 0 Å². The van der Waals surface area contributed by atoms with Gasteiger partial charge in [-0.1, -0.05) is 144 Å². The second-order valence-electron chi connectivity index (χ2n) is 15.4. The fourth-order valence-electron chi connectivity index (χ4n) is 8.36. The van der Waals surface area contributed by atoms with E-state index in [0.29, 0.717) is 5.92 Å². The molecule has 0 saturated carbocycles. The van der Waals surface area contributed by atoms with E-state index in [1.165, 1.54) is 55.7 Å². The number of hydrogen-bond donors (Lipinski definition) is 3. The summed E-state index contributed by atoms with van der Waals surface area (Å²) in [5.41, 5.74) is 23.7. The average Bonchev–Trinajstić information content (AvgIpc) is 3.50. The van der Waals surface area contributed by atoms with Gasteiger partial charge in [0.2, 0.25) is 0 Å². The summed E-state index contributed by atoms with van der Waals surface area (Å²) in [5, 5.41) is 7.28. The van der Waals surface area contributed by atoms with Gasteiger partial charge in [-0.2, -0.15) is 0 Å². The average molecular weight is 686 g/mol. The Bertz CT molecular complexity index is 2150. The molecule has 3 nitrogen and oxygen atoms in total. The largest absolute Gasteiger partial charge is 0.353 e. The van der Waals surface area contributed by atoms with E-state index in [1.807, 2.05) is 6.08 Å². The van der Waals surface area contributed by atoms with E-state index in [0.717, 1.165) is 28.9 Å². The number of aryl methyl sites for hydroxylation is 1. The number of rotatable bonds is 11. The molecule has 0 spiro atoms. The van der Waals surface area contributed by atoms with Crippen molar-refractivity contribution in [1.82, 2.24) is 5.32 Å². The highest BCUT2D eigenvalue weighted by Gasteiger charge is 2.37. The number of hydrogen-bond acceptors (Lipinski definition) is 3. The molecule has 4 aromatic rings. The van der Waals surface area contributed by atoms with Crippen LogP contribution in [0.4, 0.5) is 5.69 Å². The molecule has 2 unspecified atom stereocenters. The maximum atomic E-state index is 6.93. The van der Waals surface area contributed by atoms with Gasteiger partial charge in [0.25, 0.3) is 0 Å². The summed E-state index contributed by atoms with van der Waals surface area (Å²) < 4.78 is 0. The van der Waals surface area contributed by atoms with E-state index in [1.54, 1.807) is 0 Å². The summed E-state index contributed by atoms with van der Waals surface area (Å²) in [5.74, 6) is 0.438. The summed E-state index contributed by atoms with van der Waals surface area (Å²) in [4.78, 5) is 0. The summed E-state index contributed by atoms with van der Waals surface area (Å²) in [7, 11) is 0. The molecule has 3 heteroatoms. The fraction of sp³-hybridized carbons (Fsp3) is 0.265. The minimum atomic E-state index is -0.546. The molecule has 4 N–H and O–H groups in total. The molecule has 266 valence electrons. The van der Waals surface area contributed by atoms with E-state index in [9.17, 15) is 0 Å². The monoisotopic (exact) mass is 685 g/mol. The van der Waals surface area contributed by atoms with Gasteiger partial charge >= 0.3 is 0 Å². The standard InChI is InChI=1S/C49H55N3/c1-10-14-15-21-36-31-48(6,7)43-28-34(25-26-38(36)43)33-22-18-23-35(27-33)45(13-4)51-47(50)52-46-30-44-40(29-41(46)37-24-17-16-20-32(37)5)39(19-11-2)42(12-3)49(44,8)9/h10-30,36,47,51-52H,3,31,50H2,1-2,4-9H3/b14-10-,19-11-,21-15-,45-13-. The zero-order chi connectivity index (χ0) is 37.2. The smallest absolute Gasteiger partial charge is 0.150 e. The maximum absolute atomic E-state index is 6.93. The van der Waals surface area contributed by atoms with Crippen molar-refractivity contribution in [2.45, 2.75) is 84.8 Å². The molecular weight excluding hydrogens is 631 g/mol. The van der Waals surface area contributed by atoms with Crippen LogP contribution in [-0.4, -0.2) is 6.29 Å². The quantitative estimate of drug-likeness (QED) is 0.109. The Morgan fingerprint density at radius 1 is 0.827 bits per heavy atom. The summed E-state index contributed by atoms with van der Waals surface area (Å²) >= 11 is 0. The van der Waals surface area contributed by atoms with Crippen molar-refractivity contribution in [3.05, 3.63) is 173 Å². The Labute approximate surface area is 312 Å². The lowest BCUT2D eigenvalue weighted by molar-refractivity contribution is 0.504. The highest BCUT2D eigenvalue weighted by atomic mass is 15.2. The zero-order valence-corrected chi connectivity index (χ0v) is 32.3. The molecule has 0 aromatic heterocycles. The highest BCUT2D eigenvalue weighted by Crippen LogP contribution is 2.51. The number of anilines is 1. The van der Waals surface area contributed by atoms with E-state index in [2.05, 4.69) is 194 Å². The van der Waals surface area contributed by atoms with Crippen LogP contribution < -0.4 is 16.4 Å². The number of allylic oxidation sites excluding steroid dienone is 10. The fourth-order valence-corrected chi connectivity index (χ4v) is 8.36.